The van der Waals surface area contributed by atoms with Crippen LogP contribution in [-0.4, -0.2) is 159 Å². The number of carbonyl (C=O) groups is 2. The number of imide groups is 1. The van der Waals surface area contributed by atoms with Gasteiger partial charge in [0, 0.05) is 65.0 Å². The third-order valence-corrected chi connectivity index (χ3v) is 22.1. The summed E-state index contributed by atoms with van der Waals surface area (Å²) in [7, 11) is 0. The van der Waals surface area contributed by atoms with Gasteiger partial charge in [0.2, 0.25) is 5.91 Å². The maximum atomic E-state index is 13.7. The number of nitrogens with two attached hydrogens (primary N) is 3. The third kappa shape index (κ3) is 13.1. The number of unbranched alkanes of at least 4 members (excludes halogenated alkanes) is 1. The zero-order chi connectivity index (χ0) is 63.9. The summed E-state index contributed by atoms with van der Waals surface area (Å²) in [6.45, 7) is -2.14. The maximum Gasteiger partial charge on any atom is 0.351 e. The van der Waals surface area contributed by atoms with Crippen LogP contribution in [0.2, 0.25) is 0 Å². The van der Waals surface area contributed by atoms with Crippen LogP contribution < -0.4 is 39.6 Å². The molecule has 7 aliphatic heterocycles. The summed E-state index contributed by atoms with van der Waals surface area (Å²) in [5, 5.41) is 13.7. The minimum absolute atomic E-state index is 0.0245. The Kier molecular flexibility index (Phi) is 19.5. The summed E-state index contributed by atoms with van der Waals surface area (Å²) in [4.78, 5) is 114. The van der Waals surface area contributed by atoms with Crippen molar-refractivity contribution in [3.05, 3.63) is 78.4 Å². The van der Waals surface area contributed by atoms with E-state index in [2.05, 4.69) is 20.3 Å². The second kappa shape index (κ2) is 25.6. The van der Waals surface area contributed by atoms with Crippen molar-refractivity contribution in [1.29, 1.82) is 0 Å². The molecule has 0 radical (unpaired) electrons. The largest absolute Gasteiger partial charge is 0.390 e. The Labute approximate surface area is 519 Å². The van der Waals surface area contributed by atoms with E-state index in [1.54, 1.807) is 54.5 Å². The molecule has 3 aromatic heterocycles. The molecule has 7 aliphatic rings. The number of anilines is 3. The molecule has 37 heteroatoms. The monoisotopic (exact) mass is 1350 g/mol. The molecular weight excluding hydrogens is 1280 g/mol. The first-order valence-electron chi connectivity index (χ1n) is 28.4. The van der Waals surface area contributed by atoms with Gasteiger partial charge in [-0.05, 0) is 69.5 Å². The second-order valence-electron chi connectivity index (χ2n) is 23.5. The smallest absolute Gasteiger partial charge is 0.351 e. The zero-order valence-corrected chi connectivity index (χ0v) is 54.3. The van der Waals surface area contributed by atoms with Gasteiger partial charge in [-0.3, -0.25) is 37.7 Å². The first-order chi connectivity index (χ1) is 41.3. The number of hydrogen-bond donors (Lipinski definition) is 8. The Morgan fingerprint density at radius 1 is 0.682 bits per heavy atom. The number of amides is 2. The molecule has 21 atom stereocenters. The highest BCUT2D eigenvalue weighted by atomic mass is 32.5. The van der Waals surface area contributed by atoms with E-state index >= 15 is 0 Å². The van der Waals surface area contributed by atoms with Gasteiger partial charge >= 0.3 is 37.2 Å². The molecule has 6 fully saturated rings. The molecule has 3 aromatic rings. The summed E-state index contributed by atoms with van der Waals surface area (Å²) >= 11 is 17.2. The van der Waals surface area contributed by atoms with Crippen molar-refractivity contribution in [2.75, 3.05) is 50.2 Å². The van der Waals surface area contributed by atoms with Crippen LogP contribution in [-0.2, 0) is 101 Å². The molecule has 486 valence electrons. The Bertz CT molecular complexity index is 3590. The van der Waals surface area contributed by atoms with Crippen molar-refractivity contribution in [3.63, 3.8) is 0 Å². The highest BCUT2D eigenvalue weighted by Crippen LogP contribution is 2.61. The van der Waals surface area contributed by atoms with Crippen molar-refractivity contribution >= 4 is 84.8 Å². The quantitative estimate of drug-likeness (QED) is 0.0520. The van der Waals surface area contributed by atoms with Crippen molar-refractivity contribution in [1.82, 2.24) is 34.0 Å². The predicted octanol–water partition coefficient (Wildman–Crippen LogP) is 1.35. The maximum absolute atomic E-state index is 13.7. The normalized spacial score (nSPS) is 36.6. The molecule has 31 nitrogen and oxygen atoms in total. The molecule has 11 N–H and O–H groups in total. The Balaban J connectivity index is 0.926. The van der Waals surface area contributed by atoms with Crippen LogP contribution in [0.1, 0.15) is 95.7 Å². The lowest BCUT2D eigenvalue weighted by molar-refractivity contribution is -0.176. The molecule has 4 bridgehead atoms. The van der Waals surface area contributed by atoms with Crippen molar-refractivity contribution in [2.24, 2.45) is 23.7 Å². The van der Waals surface area contributed by atoms with Crippen LogP contribution in [0.5, 0.6) is 0 Å². The minimum atomic E-state index is -4.71. The summed E-state index contributed by atoms with van der Waals surface area (Å²) in [6.07, 6.45) is -6.24. The standard InChI is InChI=1S/C51H73N10O21P3S3/c1-9-10-11-30-32(13-31(76-30)29-12-22(2)42(63)58-43(29)64)80-84(69,87)74-20-50-26(6)17-72-36(46(78-50)61-16-25(5)41(54)57-49(61)67)38(50)82-85(70,88)75-21-51-27(7)18-71-35(45(79-51)60-15-24(4)40(53)56-48(60)66)37(51)81-83(68,86)73-19-33-34(62)28(8)44(77-33)59-14-23(3)39(52)55-47(59)65/h12,14-16,26-38,44-46,62H,9-11,13,17-21H2,1-8H3,(H,68,86)(H,69,87)(H,70,88)(H2,52,55,65)(H2,53,56,66)(H2,54,57,67)(H,58,63,64)/t26-,27-,28+,29?,30-,31-,32?,33-,34?,35+,36+,37?,38?,44-,45-,46-,50+,51+,83?,84?,85?/m1/s1. The number of rotatable bonds is 22. The van der Waals surface area contributed by atoms with Gasteiger partial charge in [0.05, 0.1) is 63.4 Å². The Hall–Kier alpha value is -3.77. The molecule has 0 aliphatic carbocycles. The fraction of sp³-hybridized carbons (Fsp3) is 0.686. The van der Waals surface area contributed by atoms with E-state index in [1.807, 2.05) is 6.92 Å². The SMILES string of the molecule is CCCC[C@H]1O[C@@H](C2C=C(C)C(=O)NC2=O)CC1OP(O)(=S)OC[C@]12O[C@@H](n3cc(C)c(N)nc3=O)[C@@H](OC[C@H]1C)C2OP(O)(=S)OC[C@]12O[C@@H](n3cc(C)c(N)nc3=O)[C@@H](OC[C@H]1C)C2OP(O)(=S)OC[C@H]1O[C@@H](n2cc(C)c(N)nc2=O)[C@@H](C)C1O. The van der Waals surface area contributed by atoms with Crippen LogP contribution in [0.4, 0.5) is 17.5 Å². The number of nitrogens with one attached hydrogen (secondary N) is 1. The molecule has 88 heavy (non-hydrogen) atoms. The number of aliphatic hydroxyl groups excluding tert-OH is 1. The number of aliphatic hydroxyl groups is 1. The van der Waals surface area contributed by atoms with Crippen molar-refractivity contribution < 1.29 is 84.9 Å². The third-order valence-electron chi connectivity index (χ3n) is 17.4. The van der Waals surface area contributed by atoms with Gasteiger partial charge in [-0.2, -0.15) is 15.0 Å². The minimum Gasteiger partial charge on any atom is -0.390 e. The van der Waals surface area contributed by atoms with Crippen LogP contribution in [0.25, 0.3) is 0 Å². The second-order valence-corrected chi connectivity index (χ2v) is 31.8. The van der Waals surface area contributed by atoms with Gasteiger partial charge in [0.1, 0.15) is 65.4 Å². The Morgan fingerprint density at radius 2 is 1.14 bits per heavy atom. The number of aromatic nitrogens is 6. The van der Waals surface area contributed by atoms with E-state index in [1.165, 1.54) is 23.2 Å². The number of nitrogens with zero attached hydrogens (tertiary/aromatic N) is 6. The number of aryl methyl sites for hydroxylation is 3. The fourth-order valence-corrected chi connectivity index (χ4v) is 16.6. The van der Waals surface area contributed by atoms with Gasteiger partial charge in [-0.15, -0.1) is 0 Å². The van der Waals surface area contributed by atoms with E-state index < -0.39 is 177 Å². The molecule has 6 saturated heterocycles. The van der Waals surface area contributed by atoms with Gasteiger partial charge in [-0.25, -0.2) is 14.4 Å². The van der Waals surface area contributed by atoms with E-state index in [0.29, 0.717) is 35.1 Å². The van der Waals surface area contributed by atoms with Crippen molar-refractivity contribution in [2.45, 2.75) is 166 Å². The average Bonchev–Trinajstić information content (AvgIpc) is 1.66. The molecule has 0 saturated carbocycles. The molecule has 8 unspecified atom stereocenters. The van der Waals surface area contributed by atoms with Gasteiger partial charge in [-0.1, -0.05) is 46.6 Å². The summed E-state index contributed by atoms with van der Waals surface area (Å²) in [6, 6.07) is 0. The first-order valence-corrected chi connectivity index (χ1v) is 36.2. The topological polar surface area (TPSA) is 421 Å². The van der Waals surface area contributed by atoms with E-state index in [-0.39, 0.29) is 37.1 Å². The molecule has 2 amide bonds. The van der Waals surface area contributed by atoms with Crippen LogP contribution >= 0.6 is 20.2 Å². The average molecular weight is 1350 g/mol. The van der Waals surface area contributed by atoms with Crippen LogP contribution in [0.15, 0.2) is 44.6 Å². The van der Waals surface area contributed by atoms with Crippen molar-refractivity contribution in [3.8, 4) is 0 Å². The summed E-state index contributed by atoms with van der Waals surface area (Å²) < 4.78 is 79.8. The lowest BCUT2D eigenvalue weighted by Gasteiger charge is -2.45. The van der Waals surface area contributed by atoms with Gasteiger partial charge < -0.3 is 83.5 Å². The highest BCUT2D eigenvalue weighted by molar-refractivity contribution is 8.07. The molecule has 10 rings (SSSR count). The van der Waals surface area contributed by atoms with Crippen LogP contribution in [0.3, 0.4) is 0 Å². The summed E-state index contributed by atoms with van der Waals surface area (Å²) in [5.74, 6) is -4.24. The lowest BCUT2D eigenvalue weighted by atomic mass is 9.82. The number of ether oxygens (including phenoxy) is 6. The first kappa shape index (κ1) is 67.1. The predicted molar refractivity (Wildman–Crippen MR) is 321 cm³/mol. The van der Waals surface area contributed by atoms with E-state index in [9.17, 15) is 43.8 Å². The summed E-state index contributed by atoms with van der Waals surface area (Å²) in [5.41, 5.74) is 13.4. The Morgan fingerprint density at radius 3 is 1.61 bits per heavy atom. The number of nitrogen functional groups attached to an aromatic ring is 3. The number of carbonyl (C=O) groups excluding carboxylic acids is 2. The van der Waals surface area contributed by atoms with E-state index in [0.717, 1.165) is 15.6 Å². The van der Waals surface area contributed by atoms with Crippen LogP contribution in [0, 0.1) is 44.4 Å². The molecular formula is C51H73N10O21P3S3. The lowest BCUT2D eigenvalue weighted by Crippen LogP contribution is -2.58. The van der Waals surface area contributed by atoms with E-state index in [4.69, 9.17) is 108 Å². The number of hydrogen-bond acceptors (Lipinski definition) is 27. The molecule has 10 heterocycles. The zero-order valence-electron chi connectivity index (χ0n) is 49.1. The molecule has 0 spiro atoms. The van der Waals surface area contributed by atoms with Gasteiger partial charge in [0.15, 0.2) is 12.5 Å². The number of fused-ring (bicyclic) bond motifs is 4. The fourth-order valence-electron chi connectivity index (χ4n) is 12.2. The highest BCUT2D eigenvalue weighted by Gasteiger charge is 2.67. The van der Waals surface area contributed by atoms with Gasteiger partial charge in [0.25, 0.3) is 5.91 Å². The molecule has 0 aromatic carbocycles.